The molecule has 2 fully saturated rings. The summed E-state index contributed by atoms with van der Waals surface area (Å²) >= 11 is 0. The normalized spacial score (nSPS) is 18.9. The zero-order chi connectivity index (χ0) is 30.9. The van der Waals surface area contributed by atoms with Crippen molar-refractivity contribution in [3.05, 3.63) is 65.1 Å². The predicted octanol–water partition coefficient (Wildman–Crippen LogP) is 6.87. The molecule has 232 valence electrons. The number of hydrogen-bond donors (Lipinski definition) is 2. The highest BCUT2D eigenvalue weighted by molar-refractivity contribution is 5.94. The molecule has 1 aromatic carbocycles. The van der Waals surface area contributed by atoms with Crippen LogP contribution >= 0.6 is 0 Å². The van der Waals surface area contributed by atoms with Crippen molar-refractivity contribution in [2.45, 2.75) is 82.0 Å². The first-order valence-corrected chi connectivity index (χ1v) is 14.1. The molecular formula is C29H30F7N5O2. The molecule has 0 aliphatic heterocycles. The second-order valence-electron chi connectivity index (χ2n) is 11.3. The zero-order valence-electron chi connectivity index (χ0n) is 22.9. The van der Waals surface area contributed by atoms with Gasteiger partial charge < -0.3 is 10.6 Å². The molecule has 43 heavy (non-hydrogen) atoms. The van der Waals surface area contributed by atoms with Crippen molar-refractivity contribution in [3.63, 3.8) is 0 Å². The van der Waals surface area contributed by atoms with Gasteiger partial charge in [-0.05, 0) is 61.3 Å². The van der Waals surface area contributed by atoms with Crippen molar-refractivity contribution in [2.24, 2.45) is 11.8 Å². The standard InChI is InChI=1S/C29H30F7N5O2/c30-26(31)18-2-1-3-19(12-18)27(43)40-25(17-6-9-28(32,33)10-7-17)21-15-41-22(38-21)13-20(14-37-41)24(16-4-5-16)39-23(42)8-11-29(34,35)36/h1-3,12-17,24-26H,4-11H2,(H,39,42)(H,40,43)/t24?,25-/m0/s1. The van der Waals surface area contributed by atoms with E-state index in [0.717, 1.165) is 18.9 Å². The van der Waals surface area contributed by atoms with Crippen LogP contribution in [0.2, 0.25) is 0 Å². The summed E-state index contributed by atoms with van der Waals surface area (Å²) in [4.78, 5) is 30.0. The molecule has 5 rings (SSSR count). The van der Waals surface area contributed by atoms with Gasteiger partial charge in [0.2, 0.25) is 11.8 Å². The van der Waals surface area contributed by atoms with E-state index in [1.165, 1.54) is 28.9 Å². The smallest absolute Gasteiger partial charge is 0.349 e. The van der Waals surface area contributed by atoms with E-state index in [1.807, 2.05) is 0 Å². The quantitative estimate of drug-likeness (QED) is 0.244. The van der Waals surface area contributed by atoms with Crippen molar-refractivity contribution in [3.8, 4) is 0 Å². The van der Waals surface area contributed by atoms with Gasteiger partial charge in [-0.1, -0.05) is 12.1 Å². The van der Waals surface area contributed by atoms with Crippen molar-refractivity contribution < 1.29 is 40.3 Å². The number of benzene rings is 1. The first kappa shape index (κ1) is 30.7. The lowest BCUT2D eigenvalue weighted by molar-refractivity contribution is -0.144. The molecule has 7 nitrogen and oxygen atoms in total. The number of carbonyl (C=O) groups is 2. The van der Waals surface area contributed by atoms with Gasteiger partial charge in [-0.25, -0.2) is 27.1 Å². The third-order valence-corrected chi connectivity index (χ3v) is 8.00. The van der Waals surface area contributed by atoms with E-state index in [1.54, 1.807) is 12.3 Å². The van der Waals surface area contributed by atoms with Gasteiger partial charge in [0, 0.05) is 30.4 Å². The third-order valence-electron chi connectivity index (χ3n) is 8.00. The number of fused-ring (bicyclic) bond motifs is 1. The fraction of sp³-hybridized carbons (Fsp3) is 0.517. The minimum atomic E-state index is -4.45. The van der Waals surface area contributed by atoms with E-state index in [4.69, 9.17) is 0 Å². The minimum absolute atomic E-state index is 0.0124. The fourth-order valence-corrected chi connectivity index (χ4v) is 5.50. The van der Waals surface area contributed by atoms with Crippen LogP contribution in [0.5, 0.6) is 0 Å². The number of imidazole rings is 1. The van der Waals surface area contributed by atoms with Crippen molar-refractivity contribution in [2.75, 3.05) is 0 Å². The van der Waals surface area contributed by atoms with E-state index in [9.17, 15) is 40.3 Å². The van der Waals surface area contributed by atoms with Gasteiger partial charge in [0.25, 0.3) is 12.3 Å². The molecule has 2 aliphatic rings. The van der Waals surface area contributed by atoms with Crippen LogP contribution in [0.3, 0.4) is 0 Å². The number of nitrogens with zero attached hydrogens (tertiary/aromatic N) is 3. The van der Waals surface area contributed by atoms with Gasteiger partial charge in [-0.3, -0.25) is 9.59 Å². The molecular weight excluding hydrogens is 583 g/mol. The molecule has 0 saturated heterocycles. The van der Waals surface area contributed by atoms with Gasteiger partial charge >= 0.3 is 6.18 Å². The summed E-state index contributed by atoms with van der Waals surface area (Å²) in [6.07, 6.45) is -5.15. The summed E-state index contributed by atoms with van der Waals surface area (Å²) in [5.74, 6) is -4.60. The predicted molar refractivity (Wildman–Crippen MR) is 140 cm³/mol. The molecule has 14 heteroatoms. The summed E-state index contributed by atoms with van der Waals surface area (Å²) < 4.78 is 93.6. The van der Waals surface area contributed by atoms with Crippen LogP contribution in [0.25, 0.3) is 5.65 Å². The van der Waals surface area contributed by atoms with E-state index in [2.05, 4.69) is 20.7 Å². The van der Waals surface area contributed by atoms with E-state index in [0.29, 0.717) is 16.9 Å². The third kappa shape index (κ3) is 7.82. The fourth-order valence-electron chi connectivity index (χ4n) is 5.50. The maximum absolute atomic E-state index is 14.0. The van der Waals surface area contributed by atoms with Gasteiger partial charge in [-0.2, -0.15) is 18.3 Å². The van der Waals surface area contributed by atoms with E-state index in [-0.39, 0.29) is 42.7 Å². The lowest BCUT2D eigenvalue weighted by Gasteiger charge is -2.33. The highest BCUT2D eigenvalue weighted by Crippen LogP contribution is 2.43. The molecule has 2 heterocycles. The highest BCUT2D eigenvalue weighted by atomic mass is 19.4. The Labute approximate surface area is 242 Å². The molecule has 0 bridgehead atoms. The van der Waals surface area contributed by atoms with Crippen LogP contribution in [0.1, 0.15) is 97.1 Å². The molecule has 2 amide bonds. The summed E-state index contributed by atoms with van der Waals surface area (Å²) in [5.41, 5.74) is 0.857. The van der Waals surface area contributed by atoms with E-state index < -0.39 is 61.2 Å². The Hall–Kier alpha value is -3.71. The Bertz CT molecular complexity index is 1460. The largest absolute Gasteiger partial charge is 0.389 e. The van der Waals surface area contributed by atoms with Crippen LogP contribution in [0, 0.1) is 11.8 Å². The van der Waals surface area contributed by atoms with Crippen LogP contribution in [0.4, 0.5) is 30.7 Å². The maximum atomic E-state index is 14.0. The van der Waals surface area contributed by atoms with Crippen LogP contribution in [0.15, 0.2) is 42.7 Å². The highest BCUT2D eigenvalue weighted by Gasteiger charge is 2.40. The number of amides is 2. The minimum Gasteiger partial charge on any atom is -0.349 e. The topological polar surface area (TPSA) is 88.4 Å². The Kier molecular flexibility index (Phi) is 8.66. The summed E-state index contributed by atoms with van der Waals surface area (Å²) in [6, 6.07) is 5.24. The average Bonchev–Trinajstić information content (AvgIpc) is 3.71. The monoisotopic (exact) mass is 613 g/mol. The summed E-state index contributed by atoms with van der Waals surface area (Å²) in [7, 11) is 0. The molecule has 0 spiro atoms. The number of halogens is 7. The SMILES string of the molecule is O=C(CCC(F)(F)F)NC(c1cnn2cc([C@@H](NC(=O)c3cccc(C(F)F)c3)C3CCC(F)(F)CC3)nc2c1)C1CC1. The number of rotatable bonds is 10. The second kappa shape index (κ2) is 12.1. The summed E-state index contributed by atoms with van der Waals surface area (Å²) in [6.45, 7) is 0. The number of carbonyl (C=O) groups excluding carboxylic acids is 2. The molecule has 1 unspecified atom stereocenters. The lowest BCUT2D eigenvalue weighted by atomic mass is 9.81. The van der Waals surface area contributed by atoms with E-state index >= 15 is 0 Å². The second-order valence-corrected chi connectivity index (χ2v) is 11.3. The number of hydrogen-bond acceptors (Lipinski definition) is 4. The van der Waals surface area contributed by atoms with Crippen molar-refractivity contribution in [1.29, 1.82) is 0 Å². The molecule has 2 saturated carbocycles. The number of alkyl halides is 7. The Morgan fingerprint density at radius 3 is 2.33 bits per heavy atom. The summed E-state index contributed by atoms with van der Waals surface area (Å²) in [5, 5.41) is 9.84. The Morgan fingerprint density at radius 1 is 0.977 bits per heavy atom. The number of aromatic nitrogens is 3. The van der Waals surface area contributed by atoms with Gasteiger partial charge in [0.05, 0.1) is 36.6 Å². The maximum Gasteiger partial charge on any atom is 0.389 e. The molecule has 3 aromatic rings. The van der Waals surface area contributed by atoms with Crippen molar-refractivity contribution in [1.82, 2.24) is 25.2 Å². The van der Waals surface area contributed by atoms with Crippen LogP contribution in [-0.2, 0) is 4.79 Å². The van der Waals surface area contributed by atoms with Gasteiger partial charge in [-0.15, -0.1) is 0 Å². The zero-order valence-corrected chi connectivity index (χ0v) is 22.9. The first-order valence-electron chi connectivity index (χ1n) is 14.1. The van der Waals surface area contributed by atoms with Gasteiger partial charge in [0.1, 0.15) is 0 Å². The van der Waals surface area contributed by atoms with Crippen molar-refractivity contribution >= 4 is 17.5 Å². The Balaban J connectivity index is 1.40. The average molecular weight is 614 g/mol. The molecule has 2 N–H and O–H groups in total. The first-order chi connectivity index (χ1) is 20.3. The molecule has 2 atom stereocenters. The molecule has 2 aromatic heterocycles. The van der Waals surface area contributed by atoms with Crippen LogP contribution in [-0.4, -0.2) is 38.5 Å². The Morgan fingerprint density at radius 2 is 1.67 bits per heavy atom. The molecule has 0 radical (unpaired) electrons. The van der Waals surface area contributed by atoms with Crippen LogP contribution < -0.4 is 10.6 Å². The number of nitrogens with one attached hydrogen (secondary N) is 2. The molecule has 2 aliphatic carbocycles. The van der Waals surface area contributed by atoms with Gasteiger partial charge in [0.15, 0.2) is 5.65 Å². The lowest BCUT2D eigenvalue weighted by Crippen LogP contribution is -2.37.